The first-order chi connectivity index (χ1) is 11.4. The Bertz CT molecular complexity index is 840. The van der Waals surface area contributed by atoms with Crippen LogP contribution in [0.4, 0.5) is 5.69 Å². The quantitative estimate of drug-likeness (QED) is 0.681. The summed E-state index contributed by atoms with van der Waals surface area (Å²) in [5.41, 5.74) is 1.26. The molecule has 0 fully saturated rings. The van der Waals surface area contributed by atoms with E-state index in [4.69, 9.17) is 9.47 Å². The van der Waals surface area contributed by atoms with Gasteiger partial charge < -0.3 is 14.8 Å². The Labute approximate surface area is 142 Å². The highest BCUT2D eigenvalue weighted by molar-refractivity contribution is 7.12. The third-order valence-electron chi connectivity index (χ3n) is 3.53. The molecule has 6 nitrogen and oxygen atoms in total. The number of ketones is 1. The minimum Gasteiger partial charge on any atom is -0.482 e. The summed E-state index contributed by atoms with van der Waals surface area (Å²) in [7, 11) is 0. The molecule has 2 heterocycles. The van der Waals surface area contributed by atoms with Crippen LogP contribution in [0.2, 0.25) is 0 Å². The fraction of sp³-hybridized carbons (Fsp3) is 0.235. The minimum atomic E-state index is -0.514. The Kier molecular flexibility index (Phi) is 4.35. The Morgan fingerprint density at radius 2 is 2.08 bits per heavy atom. The summed E-state index contributed by atoms with van der Waals surface area (Å²) in [4.78, 5) is 37.4. The van der Waals surface area contributed by atoms with Crippen LogP contribution in [0.1, 0.15) is 30.5 Å². The molecule has 1 aromatic carbocycles. The van der Waals surface area contributed by atoms with Gasteiger partial charge in [-0.05, 0) is 38.1 Å². The summed E-state index contributed by atoms with van der Waals surface area (Å²) in [6.45, 7) is 3.34. The second-order valence-electron chi connectivity index (χ2n) is 5.37. The molecule has 0 saturated carbocycles. The van der Waals surface area contributed by atoms with Crippen molar-refractivity contribution in [3.05, 3.63) is 45.1 Å². The molecule has 0 radical (unpaired) electrons. The minimum absolute atomic E-state index is 0.0443. The van der Waals surface area contributed by atoms with Crippen molar-refractivity contribution in [1.82, 2.24) is 0 Å². The molecule has 1 amide bonds. The van der Waals surface area contributed by atoms with E-state index in [1.807, 2.05) is 13.8 Å². The largest absolute Gasteiger partial charge is 0.482 e. The molecular weight excluding hydrogens is 330 g/mol. The Morgan fingerprint density at radius 3 is 2.79 bits per heavy atom. The standard InChI is InChI=1S/C17H15NO5S/c1-9-5-12(10(2)24-9)17(21)23-7-14(19)11-3-4-15-13(6-11)18-16(20)8-22-15/h3-6H,7-8H2,1-2H3,(H,18,20). The summed E-state index contributed by atoms with van der Waals surface area (Å²) >= 11 is 1.50. The monoisotopic (exact) mass is 345 g/mol. The molecule has 0 bridgehead atoms. The SMILES string of the molecule is Cc1cc(C(=O)OCC(=O)c2ccc3c(c2)NC(=O)CO3)c(C)s1. The van der Waals surface area contributed by atoms with E-state index in [-0.39, 0.29) is 24.9 Å². The number of benzene rings is 1. The molecule has 0 saturated heterocycles. The predicted octanol–water partition coefficient (Wildman–Crippen LogP) is 2.74. The number of esters is 1. The molecule has 0 aliphatic carbocycles. The van der Waals surface area contributed by atoms with Gasteiger partial charge in [0.15, 0.2) is 19.0 Å². The number of hydrogen-bond donors (Lipinski definition) is 1. The number of carbonyl (C=O) groups is 3. The lowest BCUT2D eigenvalue weighted by atomic mass is 10.1. The maximum Gasteiger partial charge on any atom is 0.339 e. The number of aryl methyl sites for hydroxylation is 2. The van der Waals surface area contributed by atoms with Crippen LogP contribution >= 0.6 is 11.3 Å². The van der Waals surface area contributed by atoms with Crippen molar-refractivity contribution < 1.29 is 23.9 Å². The van der Waals surface area contributed by atoms with Crippen molar-refractivity contribution in [1.29, 1.82) is 0 Å². The Balaban J connectivity index is 1.67. The topological polar surface area (TPSA) is 81.7 Å². The van der Waals surface area contributed by atoms with Crippen LogP contribution in [0.15, 0.2) is 24.3 Å². The van der Waals surface area contributed by atoms with Gasteiger partial charge in [0.1, 0.15) is 5.75 Å². The van der Waals surface area contributed by atoms with Gasteiger partial charge in [-0.1, -0.05) is 0 Å². The maximum atomic E-state index is 12.2. The van der Waals surface area contributed by atoms with E-state index in [1.54, 1.807) is 18.2 Å². The van der Waals surface area contributed by atoms with E-state index < -0.39 is 5.97 Å². The lowest BCUT2D eigenvalue weighted by Crippen LogP contribution is -2.25. The summed E-state index contributed by atoms with van der Waals surface area (Å²) < 4.78 is 10.3. The van der Waals surface area contributed by atoms with Crippen molar-refractivity contribution in [2.75, 3.05) is 18.5 Å². The molecule has 0 atom stereocenters. The second kappa shape index (κ2) is 6.45. The molecule has 24 heavy (non-hydrogen) atoms. The van der Waals surface area contributed by atoms with Crippen LogP contribution in [0.5, 0.6) is 5.75 Å². The first kappa shape index (κ1) is 16.2. The van der Waals surface area contributed by atoms with Crippen molar-refractivity contribution in [2.24, 2.45) is 0 Å². The number of nitrogens with one attached hydrogen (secondary N) is 1. The smallest absolute Gasteiger partial charge is 0.339 e. The van der Waals surface area contributed by atoms with Gasteiger partial charge >= 0.3 is 5.97 Å². The van der Waals surface area contributed by atoms with Crippen LogP contribution < -0.4 is 10.1 Å². The molecule has 2 aromatic rings. The van der Waals surface area contributed by atoms with Crippen molar-refractivity contribution in [3.63, 3.8) is 0 Å². The zero-order chi connectivity index (χ0) is 17.3. The molecular formula is C17H15NO5S. The Morgan fingerprint density at radius 1 is 1.29 bits per heavy atom. The summed E-state index contributed by atoms with van der Waals surface area (Å²) in [5, 5.41) is 2.63. The number of Topliss-reactive ketones (excluding diaryl/α,β-unsaturated/α-hetero) is 1. The van der Waals surface area contributed by atoms with Crippen LogP contribution in [-0.2, 0) is 9.53 Å². The molecule has 1 N–H and O–H groups in total. The lowest BCUT2D eigenvalue weighted by Gasteiger charge is -2.18. The fourth-order valence-corrected chi connectivity index (χ4v) is 3.29. The first-order valence-corrected chi connectivity index (χ1v) is 8.10. The van der Waals surface area contributed by atoms with E-state index in [0.29, 0.717) is 22.6 Å². The predicted molar refractivity (Wildman–Crippen MR) is 89.0 cm³/mol. The number of rotatable bonds is 4. The number of hydrogen-bond acceptors (Lipinski definition) is 6. The summed E-state index contributed by atoms with van der Waals surface area (Å²) in [6, 6.07) is 6.45. The number of thiophene rings is 1. The van der Waals surface area contributed by atoms with E-state index in [0.717, 1.165) is 9.75 Å². The highest BCUT2D eigenvalue weighted by atomic mass is 32.1. The van der Waals surface area contributed by atoms with E-state index in [1.165, 1.54) is 17.4 Å². The molecule has 1 aliphatic rings. The number of ether oxygens (including phenoxy) is 2. The van der Waals surface area contributed by atoms with E-state index >= 15 is 0 Å². The highest BCUT2D eigenvalue weighted by Gasteiger charge is 2.19. The van der Waals surface area contributed by atoms with Gasteiger partial charge in [-0.25, -0.2) is 4.79 Å². The zero-order valence-electron chi connectivity index (χ0n) is 13.2. The number of amides is 1. The van der Waals surface area contributed by atoms with Crippen molar-refractivity contribution >= 4 is 34.7 Å². The van der Waals surface area contributed by atoms with Crippen LogP contribution in [0.3, 0.4) is 0 Å². The Hall–Kier alpha value is -2.67. The highest BCUT2D eigenvalue weighted by Crippen LogP contribution is 2.28. The first-order valence-electron chi connectivity index (χ1n) is 7.28. The zero-order valence-corrected chi connectivity index (χ0v) is 14.0. The number of fused-ring (bicyclic) bond motifs is 1. The van der Waals surface area contributed by atoms with Crippen molar-refractivity contribution in [3.8, 4) is 5.75 Å². The number of carbonyl (C=O) groups excluding carboxylic acids is 3. The lowest BCUT2D eigenvalue weighted by molar-refractivity contribution is -0.118. The van der Waals surface area contributed by atoms with Gasteiger partial charge in [0.05, 0.1) is 11.3 Å². The van der Waals surface area contributed by atoms with Gasteiger partial charge in [-0.15, -0.1) is 11.3 Å². The van der Waals surface area contributed by atoms with Gasteiger partial charge in [-0.3, -0.25) is 9.59 Å². The van der Waals surface area contributed by atoms with E-state index in [2.05, 4.69) is 5.32 Å². The molecule has 0 unspecified atom stereocenters. The van der Waals surface area contributed by atoms with E-state index in [9.17, 15) is 14.4 Å². The number of anilines is 1. The molecule has 7 heteroatoms. The molecule has 1 aliphatic heterocycles. The third kappa shape index (κ3) is 3.30. The van der Waals surface area contributed by atoms with Crippen molar-refractivity contribution in [2.45, 2.75) is 13.8 Å². The fourth-order valence-electron chi connectivity index (χ4n) is 2.38. The van der Waals surface area contributed by atoms with Gasteiger partial charge in [0, 0.05) is 15.3 Å². The van der Waals surface area contributed by atoms with Crippen LogP contribution in [0, 0.1) is 13.8 Å². The van der Waals surface area contributed by atoms with Gasteiger partial charge in [0.25, 0.3) is 5.91 Å². The molecule has 3 rings (SSSR count). The summed E-state index contributed by atoms with van der Waals surface area (Å²) in [5.74, 6) is -0.635. The average molecular weight is 345 g/mol. The average Bonchev–Trinajstić information content (AvgIpc) is 2.90. The third-order valence-corrected chi connectivity index (χ3v) is 4.50. The summed E-state index contributed by atoms with van der Waals surface area (Å²) in [6.07, 6.45) is 0. The van der Waals surface area contributed by atoms with Crippen LogP contribution in [0.25, 0.3) is 0 Å². The van der Waals surface area contributed by atoms with Crippen LogP contribution in [-0.4, -0.2) is 30.9 Å². The van der Waals surface area contributed by atoms with Gasteiger partial charge in [-0.2, -0.15) is 0 Å². The molecule has 0 spiro atoms. The second-order valence-corrected chi connectivity index (χ2v) is 6.83. The van der Waals surface area contributed by atoms with Gasteiger partial charge in [0.2, 0.25) is 0 Å². The molecule has 1 aromatic heterocycles. The maximum absolute atomic E-state index is 12.2. The molecule has 124 valence electrons. The normalized spacial score (nSPS) is 12.8.